The lowest BCUT2D eigenvalue weighted by Crippen LogP contribution is -2.48. The van der Waals surface area contributed by atoms with Gasteiger partial charge in [0.2, 0.25) is 0 Å². The van der Waals surface area contributed by atoms with Crippen LogP contribution in [0.15, 0.2) is 48.5 Å². The minimum absolute atomic E-state index is 0.0289. The van der Waals surface area contributed by atoms with Gasteiger partial charge in [0.25, 0.3) is 0 Å². The number of esters is 1. The minimum Gasteiger partial charge on any atom is -0.481 e. The number of nitrogens with two attached hydrogens (primary N) is 1. The van der Waals surface area contributed by atoms with Crippen LogP contribution in [0.4, 0.5) is 0 Å². The van der Waals surface area contributed by atoms with Gasteiger partial charge in [-0.3, -0.25) is 4.79 Å². The van der Waals surface area contributed by atoms with Crippen LogP contribution in [0, 0.1) is 5.41 Å². The highest BCUT2D eigenvalue weighted by Gasteiger charge is 2.45. The summed E-state index contributed by atoms with van der Waals surface area (Å²) in [5, 5.41) is 9.52. The van der Waals surface area contributed by atoms with E-state index in [0.29, 0.717) is 6.42 Å². The number of carboxylic acid groups (broad SMARTS) is 1. The first kappa shape index (κ1) is 18.7. The average Bonchev–Trinajstić information content (AvgIpc) is 3.05. The molecule has 1 fully saturated rings. The fraction of sp³-hybridized carbons (Fsp3) is 0.364. The first-order valence-corrected chi connectivity index (χ1v) is 9.46. The van der Waals surface area contributed by atoms with Gasteiger partial charge < -0.3 is 20.3 Å². The number of benzene rings is 2. The van der Waals surface area contributed by atoms with Gasteiger partial charge in [0.1, 0.15) is 6.61 Å². The topological polar surface area (TPSA) is 98.9 Å². The Bertz CT molecular complexity index is 866. The van der Waals surface area contributed by atoms with Crippen molar-refractivity contribution in [3.8, 4) is 11.1 Å². The maximum absolute atomic E-state index is 12.6. The van der Waals surface area contributed by atoms with Crippen LogP contribution in [-0.2, 0) is 19.1 Å². The van der Waals surface area contributed by atoms with Gasteiger partial charge in [-0.25, -0.2) is 4.79 Å². The predicted octanol–water partition coefficient (Wildman–Crippen LogP) is 2.55. The van der Waals surface area contributed by atoms with Crippen molar-refractivity contribution in [2.75, 3.05) is 19.8 Å². The van der Waals surface area contributed by atoms with E-state index in [4.69, 9.17) is 15.2 Å². The third-order valence-electron chi connectivity index (χ3n) is 5.94. The molecule has 28 heavy (non-hydrogen) atoms. The van der Waals surface area contributed by atoms with Crippen LogP contribution in [0.5, 0.6) is 0 Å². The zero-order valence-corrected chi connectivity index (χ0v) is 15.5. The average molecular weight is 381 g/mol. The molecule has 1 aliphatic heterocycles. The van der Waals surface area contributed by atoms with Crippen molar-refractivity contribution in [1.82, 2.24) is 0 Å². The summed E-state index contributed by atoms with van der Waals surface area (Å²) in [6.07, 6.45) is -0.568. The van der Waals surface area contributed by atoms with Crippen molar-refractivity contribution in [3.05, 3.63) is 59.7 Å². The van der Waals surface area contributed by atoms with E-state index in [1.165, 1.54) is 0 Å². The Balaban J connectivity index is 1.49. The van der Waals surface area contributed by atoms with Crippen molar-refractivity contribution < 1.29 is 24.2 Å². The van der Waals surface area contributed by atoms with Gasteiger partial charge in [0, 0.05) is 25.5 Å². The zero-order chi connectivity index (χ0) is 19.7. The van der Waals surface area contributed by atoms with Crippen LogP contribution < -0.4 is 5.73 Å². The number of rotatable bonds is 5. The molecule has 6 heteroatoms. The molecule has 0 aromatic heterocycles. The molecular formula is C22H23NO5. The van der Waals surface area contributed by atoms with Crippen molar-refractivity contribution in [1.29, 1.82) is 0 Å². The van der Waals surface area contributed by atoms with Gasteiger partial charge >= 0.3 is 11.9 Å². The van der Waals surface area contributed by atoms with Crippen LogP contribution in [0.2, 0.25) is 0 Å². The van der Waals surface area contributed by atoms with E-state index in [2.05, 4.69) is 24.3 Å². The number of hydrogen-bond acceptors (Lipinski definition) is 5. The molecule has 4 rings (SSSR count). The van der Waals surface area contributed by atoms with Gasteiger partial charge in [-0.05, 0) is 28.7 Å². The molecule has 3 N–H and O–H groups in total. The monoisotopic (exact) mass is 381 g/mol. The van der Waals surface area contributed by atoms with E-state index < -0.39 is 23.5 Å². The molecule has 0 radical (unpaired) electrons. The first-order valence-electron chi connectivity index (χ1n) is 9.46. The standard InChI is InChI=1S/C22H23NO5/c23-13-22(21(25)26)9-10-27-19(11-22)20(24)28-12-18-16-7-3-1-5-14(16)15-6-2-4-8-17(15)18/h1-8,18-19H,9-13,23H2,(H,25,26). The molecule has 2 aromatic carbocycles. The van der Waals surface area contributed by atoms with Gasteiger partial charge in [-0.2, -0.15) is 0 Å². The number of fused-ring (bicyclic) bond motifs is 3. The van der Waals surface area contributed by atoms with Gasteiger partial charge in [0.15, 0.2) is 6.10 Å². The molecule has 0 spiro atoms. The summed E-state index contributed by atoms with van der Waals surface area (Å²) in [6, 6.07) is 16.2. The molecule has 2 unspecified atom stereocenters. The van der Waals surface area contributed by atoms with E-state index in [1.807, 2.05) is 24.3 Å². The largest absolute Gasteiger partial charge is 0.481 e. The lowest BCUT2D eigenvalue weighted by atomic mass is 9.78. The summed E-state index contributed by atoms with van der Waals surface area (Å²) in [7, 11) is 0. The fourth-order valence-corrected chi connectivity index (χ4v) is 4.23. The van der Waals surface area contributed by atoms with E-state index in [9.17, 15) is 14.7 Å². The maximum atomic E-state index is 12.6. The smallest absolute Gasteiger partial charge is 0.335 e. The third-order valence-corrected chi connectivity index (χ3v) is 5.94. The number of hydrogen-bond donors (Lipinski definition) is 2. The molecule has 6 nitrogen and oxygen atoms in total. The molecule has 0 amide bonds. The van der Waals surface area contributed by atoms with Gasteiger partial charge in [-0.15, -0.1) is 0 Å². The van der Waals surface area contributed by atoms with Crippen LogP contribution in [0.3, 0.4) is 0 Å². The molecular weight excluding hydrogens is 358 g/mol. The predicted molar refractivity (Wildman–Crippen MR) is 103 cm³/mol. The molecule has 0 saturated carbocycles. The lowest BCUT2D eigenvalue weighted by Gasteiger charge is -2.35. The summed E-state index contributed by atoms with van der Waals surface area (Å²) < 4.78 is 11.1. The summed E-state index contributed by atoms with van der Waals surface area (Å²) in [5.41, 5.74) is 9.13. The Morgan fingerprint density at radius 2 is 1.71 bits per heavy atom. The van der Waals surface area contributed by atoms with Crippen molar-refractivity contribution >= 4 is 11.9 Å². The molecule has 2 aromatic rings. The SMILES string of the molecule is NCC1(C(=O)O)CCOC(C(=O)OCC2c3ccccc3-c3ccccc32)C1. The molecule has 2 aliphatic rings. The maximum Gasteiger partial charge on any atom is 0.335 e. The van der Waals surface area contributed by atoms with Gasteiger partial charge in [0.05, 0.1) is 5.41 Å². The summed E-state index contributed by atoms with van der Waals surface area (Å²) in [4.78, 5) is 24.3. The second-order valence-corrected chi connectivity index (χ2v) is 7.46. The summed E-state index contributed by atoms with van der Waals surface area (Å²) in [6.45, 7) is 0.340. The molecule has 1 aliphatic carbocycles. The van der Waals surface area contributed by atoms with Crippen LogP contribution in [-0.4, -0.2) is 42.9 Å². The van der Waals surface area contributed by atoms with Crippen LogP contribution in [0.1, 0.15) is 29.9 Å². The summed E-state index contributed by atoms with van der Waals surface area (Å²) in [5.74, 6) is -1.56. The molecule has 1 saturated heterocycles. The zero-order valence-electron chi connectivity index (χ0n) is 15.5. The Labute approximate surface area is 163 Å². The van der Waals surface area contributed by atoms with E-state index in [1.54, 1.807) is 0 Å². The number of carboxylic acids is 1. The Kier molecular flexibility index (Phi) is 4.91. The minimum atomic E-state index is -1.13. The molecule has 1 heterocycles. The number of aliphatic carboxylic acids is 1. The van der Waals surface area contributed by atoms with Crippen LogP contribution >= 0.6 is 0 Å². The van der Waals surface area contributed by atoms with Gasteiger partial charge in [-0.1, -0.05) is 48.5 Å². The normalized spacial score (nSPS) is 23.7. The first-order chi connectivity index (χ1) is 13.6. The highest BCUT2D eigenvalue weighted by Crippen LogP contribution is 2.44. The van der Waals surface area contributed by atoms with E-state index in [-0.39, 0.29) is 32.1 Å². The highest BCUT2D eigenvalue weighted by atomic mass is 16.6. The van der Waals surface area contributed by atoms with Crippen molar-refractivity contribution in [2.24, 2.45) is 11.1 Å². The van der Waals surface area contributed by atoms with Crippen molar-refractivity contribution in [2.45, 2.75) is 24.9 Å². The second-order valence-electron chi connectivity index (χ2n) is 7.46. The van der Waals surface area contributed by atoms with E-state index in [0.717, 1.165) is 22.3 Å². The Morgan fingerprint density at radius 1 is 1.11 bits per heavy atom. The van der Waals surface area contributed by atoms with Crippen LogP contribution in [0.25, 0.3) is 11.1 Å². The second kappa shape index (κ2) is 7.37. The van der Waals surface area contributed by atoms with E-state index >= 15 is 0 Å². The quantitative estimate of drug-likeness (QED) is 0.773. The Hall–Kier alpha value is -2.70. The lowest BCUT2D eigenvalue weighted by molar-refractivity contribution is -0.172. The Morgan fingerprint density at radius 3 is 2.29 bits per heavy atom. The highest BCUT2D eigenvalue weighted by molar-refractivity contribution is 5.81. The summed E-state index contributed by atoms with van der Waals surface area (Å²) >= 11 is 0. The fourth-order valence-electron chi connectivity index (χ4n) is 4.23. The molecule has 146 valence electrons. The number of ether oxygens (including phenoxy) is 2. The molecule has 2 atom stereocenters. The number of carbonyl (C=O) groups is 2. The van der Waals surface area contributed by atoms with Crippen molar-refractivity contribution in [3.63, 3.8) is 0 Å². The molecule has 0 bridgehead atoms. The number of carbonyl (C=O) groups excluding carboxylic acids is 1. The third kappa shape index (κ3) is 3.08.